The van der Waals surface area contributed by atoms with Crippen LogP contribution < -0.4 is 20.7 Å². The zero-order chi connectivity index (χ0) is 21.1. The molecule has 1 unspecified atom stereocenters. The van der Waals surface area contributed by atoms with E-state index in [9.17, 15) is 4.79 Å². The van der Waals surface area contributed by atoms with Crippen LogP contribution in [0.4, 0.5) is 5.69 Å². The molecule has 0 fully saturated rings. The summed E-state index contributed by atoms with van der Waals surface area (Å²) in [5.74, 6) is 4.20. The van der Waals surface area contributed by atoms with Crippen LogP contribution in [-0.4, -0.2) is 39.1 Å². The van der Waals surface area contributed by atoms with Gasteiger partial charge in [0.25, 0.3) is 0 Å². The van der Waals surface area contributed by atoms with Crippen molar-refractivity contribution < 1.29 is 9.53 Å². The van der Waals surface area contributed by atoms with E-state index in [4.69, 9.17) is 11.2 Å². The van der Waals surface area contributed by atoms with Crippen LogP contribution in [0.15, 0.2) is 53.5 Å². The van der Waals surface area contributed by atoms with Crippen molar-refractivity contribution in [2.24, 2.45) is 4.99 Å². The van der Waals surface area contributed by atoms with Crippen LogP contribution in [0.3, 0.4) is 0 Å². The first-order chi connectivity index (χ1) is 14.0. The van der Waals surface area contributed by atoms with Crippen LogP contribution in [0.2, 0.25) is 0 Å². The Balaban J connectivity index is 0.00000450. The number of guanidine groups is 1. The molecule has 30 heavy (non-hydrogen) atoms. The number of hydrogen-bond donors (Lipinski definition) is 3. The second-order valence-electron chi connectivity index (χ2n) is 6.59. The number of nitrogens with one attached hydrogen (secondary N) is 3. The highest BCUT2D eigenvalue weighted by atomic mass is 127. The van der Waals surface area contributed by atoms with Crippen LogP contribution in [-0.2, 0) is 4.79 Å². The average Bonchev–Trinajstić information content (AvgIpc) is 2.76. The van der Waals surface area contributed by atoms with Gasteiger partial charge in [-0.2, -0.15) is 0 Å². The van der Waals surface area contributed by atoms with Crippen molar-refractivity contribution in [1.29, 1.82) is 0 Å². The summed E-state index contributed by atoms with van der Waals surface area (Å²) in [7, 11) is 3.34. The highest BCUT2D eigenvalue weighted by Crippen LogP contribution is 2.21. The van der Waals surface area contributed by atoms with E-state index in [0.29, 0.717) is 17.6 Å². The molecule has 0 heterocycles. The van der Waals surface area contributed by atoms with Gasteiger partial charge in [0.15, 0.2) is 5.96 Å². The number of anilines is 1. The number of carbonyl (C=O) groups is 1. The van der Waals surface area contributed by atoms with Crippen LogP contribution in [0.25, 0.3) is 0 Å². The molecule has 0 radical (unpaired) electrons. The fourth-order valence-electron chi connectivity index (χ4n) is 2.78. The van der Waals surface area contributed by atoms with Crippen LogP contribution in [0, 0.1) is 12.3 Å². The second kappa shape index (κ2) is 13.5. The third-order valence-electron chi connectivity index (χ3n) is 4.51. The van der Waals surface area contributed by atoms with Gasteiger partial charge >= 0.3 is 0 Å². The number of benzene rings is 2. The van der Waals surface area contributed by atoms with Crippen molar-refractivity contribution >= 4 is 41.5 Å². The molecule has 2 aromatic carbocycles. The zero-order valence-electron chi connectivity index (χ0n) is 17.6. The number of carbonyl (C=O) groups excluding carboxylic acids is 1. The molecule has 0 saturated heterocycles. The van der Waals surface area contributed by atoms with Gasteiger partial charge in [-0.25, -0.2) is 0 Å². The van der Waals surface area contributed by atoms with Crippen molar-refractivity contribution in [2.45, 2.75) is 19.3 Å². The Bertz CT molecular complexity index is 876. The van der Waals surface area contributed by atoms with Gasteiger partial charge < -0.3 is 20.7 Å². The lowest BCUT2D eigenvalue weighted by Gasteiger charge is -2.15. The standard InChI is InChI=1S/C23H28N4O2.HI/c1-5-18-7-6-8-20(15-18)27-22(28)16-26-23(24-3)25-14-13-17(2)19-9-11-21(29-4)12-10-19;/h1,6-12,15,17H,13-14,16H2,2-4H3,(H,27,28)(H2,24,25,26);1H. The predicted molar refractivity (Wildman–Crippen MR) is 134 cm³/mol. The summed E-state index contributed by atoms with van der Waals surface area (Å²) < 4.78 is 5.19. The number of nitrogens with zero attached hydrogens (tertiary/aromatic N) is 1. The largest absolute Gasteiger partial charge is 0.497 e. The first kappa shape index (κ1) is 25.3. The van der Waals surface area contributed by atoms with Crippen molar-refractivity contribution in [3.8, 4) is 18.1 Å². The molecule has 0 bridgehead atoms. The molecule has 0 aliphatic carbocycles. The minimum absolute atomic E-state index is 0. The summed E-state index contributed by atoms with van der Waals surface area (Å²) in [5.41, 5.74) is 2.65. The van der Waals surface area contributed by atoms with Gasteiger partial charge in [0.2, 0.25) is 5.91 Å². The number of amides is 1. The normalized spacial score (nSPS) is 11.5. The van der Waals surface area contributed by atoms with E-state index in [0.717, 1.165) is 24.3 Å². The minimum atomic E-state index is -0.172. The quantitative estimate of drug-likeness (QED) is 0.215. The first-order valence-corrected chi connectivity index (χ1v) is 9.50. The Morgan fingerprint density at radius 1 is 1.20 bits per heavy atom. The smallest absolute Gasteiger partial charge is 0.243 e. The molecule has 0 aliphatic heterocycles. The van der Waals surface area contributed by atoms with E-state index in [1.165, 1.54) is 5.56 Å². The highest BCUT2D eigenvalue weighted by Gasteiger charge is 2.08. The summed E-state index contributed by atoms with van der Waals surface area (Å²) in [6.07, 6.45) is 6.31. The molecule has 7 heteroatoms. The van der Waals surface area contributed by atoms with Gasteiger partial charge in [0, 0.05) is 24.8 Å². The lowest BCUT2D eigenvalue weighted by atomic mass is 9.98. The number of methoxy groups -OCH3 is 1. The van der Waals surface area contributed by atoms with E-state index in [1.807, 2.05) is 24.3 Å². The Morgan fingerprint density at radius 2 is 1.93 bits per heavy atom. The topological polar surface area (TPSA) is 74.8 Å². The molecule has 3 N–H and O–H groups in total. The number of ether oxygens (including phenoxy) is 1. The summed E-state index contributed by atoms with van der Waals surface area (Å²) in [6.45, 7) is 3.02. The van der Waals surface area contributed by atoms with Gasteiger partial charge in [-0.1, -0.05) is 31.0 Å². The Hall–Kier alpha value is -2.73. The molecule has 6 nitrogen and oxygen atoms in total. The minimum Gasteiger partial charge on any atom is -0.497 e. The molecule has 1 amide bonds. The Morgan fingerprint density at radius 3 is 2.57 bits per heavy atom. The summed E-state index contributed by atoms with van der Waals surface area (Å²) in [5, 5.41) is 9.07. The van der Waals surface area contributed by atoms with Gasteiger partial charge in [-0.15, -0.1) is 30.4 Å². The van der Waals surface area contributed by atoms with E-state index in [-0.39, 0.29) is 36.4 Å². The SMILES string of the molecule is C#Cc1cccc(NC(=O)CNC(=NC)NCCC(C)c2ccc(OC)cc2)c1.I. The summed E-state index contributed by atoms with van der Waals surface area (Å²) in [4.78, 5) is 16.3. The Labute approximate surface area is 195 Å². The van der Waals surface area contributed by atoms with E-state index >= 15 is 0 Å². The van der Waals surface area contributed by atoms with E-state index in [2.05, 4.69) is 45.9 Å². The molecule has 0 spiro atoms. The first-order valence-electron chi connectivity index (χ1n) is 9.50. The maximum absolute atomic E-state index is 12.1. The third-order valence-corrected chi connectivity index (χ3v) is 4.51. The number of halogens is 1. The van der Waals surface area contributed by atoms with Gasteiger partial charge in [0.1, 0.15) is 5.75 Å². The number of hydrogen-bond acceptors (Lipinski definition) is 3. The van der Waals surface area contributed by atoms with Crippen molar-refractivity contribution in [1.82, 2.24) is 10.6 Å². The Kier molecular flexibility index (Phi) is 11.4. The molecule has 2 rings (SSSR count). The maximum atomic E-state index is 12.1. The van der Waals surface area contributed by atoms with Gasteiger partial charge in [0.05, 0.1) is 13.7 Å². The molecular weight excluding hydrogens is 491 g/mol. The number of aliphatic imine (C=N–C) groups is 1. The number of terminal acetylenes is 1. The molecule has 0 aliphatic rings. The second-order valence-corrected chi connectivity index (χ2v) is 6.59. The molecule has 160 valence electrons. The highest BCUT2D eigenvalue weighted by molar-refractivity contribution is 14.0. The van der Waals surface area contributed by atoms with Gasteiger partial charge in [-0.05, 0) is 48.2 Å². The van der Waals surface area contributed by atoms with E-state index < -0.39 is 0 Å². The molecular formula is C23H29IN4O2. The number of rotatable bonds is 8. The average molecular weight is 520 g/mol. The molecule has 0 aromatic heterocycles. The lowest BCUT2D eigenvalue weighted by molar-refractivity contribution is -0.115. The van der Waals surface area contributed by atoms with Gasteiger partial charge in [-0.3, -0.25) is 9.79 Å². The van der Waals surface area contributed by atoms with Crippen molar-refractivity contribution in [3.63, 3.8) is 0 Å². The summed E-state index contributed by atoms with van der Waals surface area (Å²) in [6, 6.07) is 15.3. The predicted octanol–water partition coefficient (Wildman–Crippen LogP) is 3.59. The van der Waals surface area contributed by atoms with E-state index in [1.54, 1.807) is 26.3 Å². The van der Waals surface area contributed by atoms with Crippen LogP contribution in [0.1, 0.15) is 30.4 Å². The maximum Gasteiger partial charge on any atom is 0.243 e. The van der Waals surface area contributed by atoms with Crippen molar-refractivity contribution in [3.05, 3.63) is 59.7 Å². The van der Waals surface area contributed by atoms with Crippen LogP contribution >= 0.6 is 24.0 Å². The lowest BCUT2D eigenvalue weighted by Crippen LogP contribution is -2.41. The molecule has 1 atom stereocenters. The summed E-state index contributed by atoms with van der Waals surface area (Å²) >= 11 is 0. The fraction of sp³-hybridized carbons (Fsp3) is 0.304. The molecule has 2 aromatic rings. The monoisotopic (exact) mass is 520 g/mol. The fourth-order valence-corrected chi connectivity index (χ4v) is 2.78. The zero-order valence-corrected chi connectivity index (χ0v) is 19.9. The third kappa shape index (κ3) is 8.33. The van der Waals surface area contributed by atoms with Crippen LogP contribution in [0.5, 0.6) is 5.75 Å². The molecule has 0 saturated carbocycles. The van der Waals surface area contributed by atoms with Crippen molar-refractivity contribution in [2.75, 3.05) is 32.6 Å².